The van der Waals surface area contributed by atoms with Gasteiger partial charge >= 0.3 is 0 Å². The Bertz CT molecular complexity index is 4350. The van der Waals surface area contributed by atoms with Crippen molar-refractivity contribution < 1.29 is 0 Å². The van der Waals surface area contributed by atoms with Crippen molar-refractivity contribution in [2.24, 2.45) is 0 Å². The quantitative estimate of drug-likeness (QED) is 0.140. The topological polar surface area (TPSA) is 6.48 Å². The molecule has 0 heterocycles. The zero-order valence-electron chi connectivity index (χ0n) is 43.0. The second-order valence-electron chi connectivity index (χ2n) is 21.2. The second kappa shape index (κ2) is 17.7. The fourth-order valence-corrected chi connectivity index (χ4v) is 12.8. The standard InChI is InChI=1S/C75H52N2/c1-75(2)71-47-57(76(73-45-53-19-5-9-25-63(53)65-27-11-13-29-69(65)73)55-37-33-51(34-38-55)61-31-15-21-49-17-3-7-23-59(49)61)41-43-67(71)68-44-42-58(48-72(68)75)77(74-46-54-20-6-10-26-64(54)66-28-12-14-30-70(66)74)56-39-35-52(36-40-56)62-32-16-22-50-18-4-8-24-60(50)62/h3-48H,1-2H3. The summed E-state index contributed by atoms with van der Waals surface area (Å²) in [4.78, 5) is 4.97. The molecule has 0 bridgehead atoms. The fourth-order valence-electron chi connectivity index (χ4n) is 12.8. The molecule has 1 aliphatic carbocycles. The average Bonchev–Trinajstić information content (AvgIpc) is 3.76. The van der Waals surface area contributed by atoms with Crippen LogP contribution in [0.25, 0.3) is 98.0 Å². The molecule has 0 unspecified atom stereocenters. The number of rotatable bonds is 8. The summed E-state index contributed by atoms with van der Waals surface area (Å²) in [6.45, 7) is 4.82. The zero-order valence-corrected chi connectivity index (χ0v) is 43.0. The van der Waals surface area contributed by atoms with Crippen LogP contribution < -0.4 is 9.80 Å². The summed E-state index contributed by atoms with van der Waals surface area (Å²) < 4.78 is 0. The molecule has 15 rings (SSSR count). The van der Waals surface area contributed by atoms with Crippen LogP contribution in [0.5, 0.6) is 0 Å². The summed E-state index contributed by atoms with van der Waals surface area (Å²) in [5, 5.41) is 14.8. The summed E-state index contributed by atoms with van der Waals surface area (Å²) in [6, 6.07) is 103. The van der Waals surface area contributed by atoms with E-state index in [1.165, 1.54) is 109 Å². The smallest absolute Gasteiger partial charge is 0.0546 e. The molecule has 77 heavy (non-hydrogen) atoms. The van der Waals surface area contributed by atoms with Gasteiger partial charge in [-0.2, -0.15) is 0 Å². The molecule has 1 aliphatic rings. The molecular formula is C75H52N2. The molecule has 2 heteroatoms. The highest BCUT2D eigenvalue weighted by Crippen LogP contribution is 2.54. The fraction of sp³-hybridized carbons (Fsp3) is 0.0400. The average molecular weight is 981 g/mol. The van der Waals surface area contributed by atoms with E-state index in [4.69, 9.17) is 0 Å². The highest BCUT2D eigenvalue weighted by atomic mass is 15.2. The van der Waals surface area contributed by atoms with Crippen LogP contribution in [0.15, 0.2) is 279 Å². The van der Waals surface area contributed by atoms with Crippen molar-refractivity contribution in [2.75, 3.05) is 9.80 Å². The van der Waals surface area contributed by atoms with Crippen molar-refractivity contribution in [2.45, 2.75) is 19.3 Å². The number of fused-ring (bicyclic) bond motifs is 11. The van der Waals surface area contributed by atoms with Crippen molar-refractivity contribution >= 4 is 98.8 Å². The SMILES string of the molecule is CC1(C)c2cc(N(c3ccc(-c4cccc5ccccc45)cc3)c3cc4ccccc4c4ccccc34)ccc2-c2ccc(N(c3ccc(-c4cccc5ccccc45)cc3)c3cc4ccccc4c4ccccc34)cc21. The maximum absolute atomic E-state index is 2.49. The lowest BCUT2D eigenvalue weighted by Crippen LogP contribution is -2.18. The van der Waals surface area contributed by atoms with Crippen LogP contribution in [0.1, 0.15) is 25.0 Å². The number of benzene rings is 14. The van der Waals surface area contributed by atoms with Gasteiger partial charge in [0.1, 0.15) is 0 Å². The molecule has 0 spiro atoms. The minimum Gasteiger partial charge on any atom is -0.310 e. The van der Waals surface area contributed by atoms with Crippen LogP contribution in [0.3, 0.4) is 0 Å². The highest BCUT2D eigenvalue weighted by Gasteiger charge is 2.37. The first-order valence-electron chi connectivity index (χ1n) is 26.8. The van der Waals surface area contributed by atoms with E-state index in [0.29, 0.717) is 0 Å². The molecule has 0 amide bonds. The Hall–Kier alpha value is -9.76. The third-order valence-corrected chi connectivity index (χ3v) is 16.6. The third kappa shape index (κ3) is 7.25. The van der Waals surface area contributed by atoms with Gasteiger partial charge in [0, 0.05) is 38.9 Å². The van der Waals surface area contributed by atoms with Crippen molar-refractivity contribution in [3.63, 3.8) is 0 Å². The summed E-state index contributed by atoms with van der Waals surface area (Å²) in [6.07, 6.45) is 0. The van der Waals surface area contributed by atoms with Crippen molar-refractivity contribution in [1.29, 1.82) is 0 Å². The molecule has 14 aromatic carbocycles. The van der Waals surface area contributed by atoms with Crippen molar-refractivity contribution in [3.05, 3.63) is 290 Å². The van der Waals surface area contributed by atoms with Gasteiger partial charge in [0.15, 0.2) is 0 Å². The van der Waals surface area contributed by atoms with Gasteiger partial charge in [0.25, 0.3) is 0 Å². The Balaban J connectivity index is 0.880. The van der Waals surface area contributed by atoms with Gasteiger partial charge in [-0.1, -0.05) is 232 Å². The van der Waals surface area contributed by atoms with E-state index >= 15 is 0 Å². The minimum atomic E-state index is -0.332. The van der Waals surface area contributed by atoms with Crippen LogP contribution in [0.4, 0.5) is 34.1 Å². The Labute approximate surface area is 449 Å². The summed E-state index contributed by atoms with van der Waals surface area (Å²) >= 11 is 0. The molecule has 362 valence electrons. The predicted octanol–water partition coefficient (Wildman–Crippen LogP) is 21.2. The minimum absolute atomic E-state index is 0.332. The maximum Gasteiger partial charge on any atom is 0.0546 e. The van der Waals surface area contributed by atoms with Crippen LogP contribution in [-0.4, -0.2) is 0 Å². The first kappa shape index (κ1) is 44.7. The number of nitrogens with zero attached hydrogens (tertiary/aromatic N) is 2. The molecule has 0 radical (unpaired) electrons. The lowest BCUT2D eigenvalue weighted by molar-refractivity contribution is 0.660. The van der Waals surface area contributed by atoms with E-state index in [9.17, 15) is 0 Å². The number of anilines is 6. The monoisotopic (exact) mass is 980 g/mol. The molecule has 2 nitrogen and oxygen atoms in total. The predicted molar refractivity (Wildman–Crippen MR) is 329 cm³/mol. The zero-order chi connectivity index (χ0) is 51.2. The second-order valence-corrected chi connectivity index (χ2v) is 21.2. The highest BCUT2D eigenvalue weighted by molar-refractivity contribution is 6.16. The van der Waals surface area contributed by atoms with Crippen LogP contribution in [-0.2, 0) is 5.41 Å². The Kier molecular flexibility index (Phi) is 10.3. The third-order valence-electron chi connectivity index (χ3n) is 16.6. The molecule has 14 aromatic rings. The van der Waals surface area contributed by atoms with Crippen LogP contribution >= 0.6 is 0 Å². The van der Waals surface area contributed by atoms with E-state index < -0.39 is 0 Å². The number of hydrogen-bond donors (Lipinski definition) is 0. The van der Waals surface area contributed by atoms with E-state index in [1.807, 2.05) is 0 Å². The Morgan fingerprint density at radius 3 is 0.974 bits per heavy atom. The molecule has 0 aromatic heterocycles. The van der Waals surface area contributed by atoms with Gasteiger partial charge in [-0.3, -0.25) is 0 Å². The molecule has 0 saturated carbocycles. The molecule has 0 atom stereocenters. The molecular weight excluding hydrogens is 929 g/mol. The normalized spacial score (nSPS) is 12.6. The van der Waals surface area contributed by atoms with E-state index in [0.717, 1.165) is 34.1 Å². The molecule has 0 fully saturated rings. The lowest BCUT2D eigenvalue weighted by atomic mass is 9.82. The van der Waals surface area contributed by atoms with Gasteiger partial charge in [0.05, 0.1) is 11.4 Å². The van der Waals surface area contributed by atoms with Crippen LogP contribution in [0, 0.1) is 0 Å². The van der Waals surface area contributed by atoms with Gasteiger partial charge in [-0.25, -0.2) is 0 Å². The largest absolute Gasteiger partial charge is 0.310 e. The first-order valence-corrected chi connectivity index (χ1v) is 26.8. The Morgan fingerprint density at radius 1 is 0.234 bits per heavy atom. The van der Waals surface area contributed by atoms with E-state index in [-0.39, 0.29) is 5.41 Å². The maximum atomic E-state index is 2.49. The van der Waals surface area contributed by atoms with E-state index in [2.05, 4.69) is 303 Å². The van der Waals surface area contributed by atoms with Crippen LogP contribution in [0.2, 0.25) is 0 Å². The lowest BCUT2D eigenvalue weighted by Gasteiger charge is -2.30. The van der Waals surface area contributed by atoms with Gasteiger partial charge in [-0.15, -0.1) is 0 Å². The summed E-state index contributed by atoms with van der Waals surface area (Å²) in [5.74, 6) is 0. The van der Waals surface area contributed by atoms with Gasteiger partial charge in [0.2, 0.25) is 0 Å². The molecule has 0 saturated heterocycles. The van der Waals surface area contributed by atoms with E-state index in [1.54, 1.807) is 0 Å². The van der Waals surface area contributed by atoms with Gasteiger partial charge in [-0.05, 0) is 159 Å². The number of hydrogen-bond acceptors (Lipinski definition) is 2. The van der Waals surface area contributed by atoms with Crippen molar-refractivity contribution in [3.8, 4) is 33.4 Å². The molecule has 0 N–H and O–H groups in total. The summed E-state index contributed by atoms with van der Waals surface area (Å²) in [5.41, 5.74) is 16.5. The van der Waals surface area contributed by atoms with Crippen molar-refractivity contribution in [1.82, 2.24) is 0 Å². The first-order chi connectivity index (χ1) is 37.9. The summed E-state index contributed by atoms with van der Waals surface area (Å²) in [7, 11) is 0. The van der Waals surface area contributed by atoms with Gasteiger partial charge < -0.3 is 9.80 Å². The molecule has 0 aliphatic heterocycles. The Morgan fingerprint density at radius 2 is 0.558 bits per heavy atom.